The third-order valence-corrected chi connectivity index (χ3v) is 4.18. The second-order valence-corrected chi connectivity index (χ2v) is 5.90. The molecule has 0 saturated carbocycles. The van der Waals surface area contributed by atoms with Crippen LogP contribution in [-0.4, -0.2) is 36.9 Å². The Morgan fingerprint density at radius 2 is 1.55 bits per heavy atom. The second kappa shape index (κ2) is 6.84. The molecule has 2 aromatic carbocycles. The Balaban J connectivity index is 1.61. The minimum absolute atomic E-state index is 0.757. The summed E-state index contributed by atoms with van der Waals surface area (Å²) in [5.74, 6) is 0. The minimum Gasteiger partial charge on any atom is -0.368 e. The van der Waals surface area contributed by atoms with Crippen molar-refractivity contribution in [3.05, 3.63) is 65.2 Å². The highest BCUT2D eigenvalue weighted by Crippen LogP contribution is 2.16. The number of anilines is 1. The van der Waals surface area contributed by atoms with Crippen molar-refractivity contribution in [2.75, 3.05) is 31.1 Å². The molecule has 1 heterocycles. The Morgan fingerprint density at radius 3 is 2.18 bits per heavy atom. The molecule has 3 rings (SSSR count). The number of piperazine rings is 1. The molecule has 0 amide bonds. The maximum atomic E-state index is 5.93. The topological polar surface area (TPSA) is 18.8 Å². The van der Waals surface area contributed by atoms with Crippen LogP contribution in [-0.2, 0) is 0 Å². The van der Waals surface area contributed by atoms with E-state index < -0.39 is 0 Å². The lowest BCUT2D eigenvalue weighted by Crippen LogP contribution is -2.44. The smallest absolute Gasteiger partial charge is 0.0646 e. The van der Waals surface area contributed by atoms with Crippen molar-refractivity contribution < 1.29 is 0 Å². The molecule has 2 aromatic rings. The maximum Gasteiger partial charge on any atom is 0.0646 e. The van der Waals surface area contributed by atoms with E-state index in [1.165, 1.54) is 5.69 Å². The summed E-state index contributed by atoms with van der Waals surface area (Å²) in [7, 11) is 0. The van der Waals surface area contributed by atoms with Gasteiger partial charge in [-0.3, -0.25) is 5.01 Å². The lowest BCUT2D eigenvalue weighted by Gasteiger charge is -2.34. The first-order valence-electron chi connectivity index (χ1n) is 7.58. The van der Waals surface area contributed by atoms with E-state index in [0.29, 0.717) is 0 Å². The van der Waals surface area contributed by atoms with E-state index in [1.54, 1.807) is 0 Å². The summed E-state index contributed by atoms with van der Waals surface area (Å²) in [6.07, 6.45) is 0. The first-order chi connectivity index (χ1) is 10.7. The minimum atomic E-state index is 0.757. The summed E-state index contributed by atoms with van der Waals surface area (Å²) in [4.78, 5) is 2.41. The van der Waals surface area contributed by atoms with Crippen LogP contribution in [0.3, 0.4) is 0 Å². The lowest BCUT2D eigenvalue weighted by molar-refractivity contribution is 0.270. The molecule has 4 heteroatoms. The van der Waals surface area contributed by atoms with Gasteiger partial charge in [0.25, 0.3) is 0 Å². The zero-order valence-corrected chi connectivity index (χ0v) is 13.5. The van der Waals surface area contributed by atoms with E-state index in [1.807, 2.05) is 31.2 Å². The third kappa shape index (κ3) is 3.60. The molecule has 0 unspecified atom stereocenters. The zero-order chi connectivity index (χ0) is 15.4. The molecule has 0 aliphatic carbocycles. The molecule has 0 radical (unpaired) electrons. The van der Waals surface area contributed by atoms with E-state index in [-0.39, 0.29) is 0 Å². The Hall–Kier alpha value is -2.00. The summed E-state index contributed by atoms with van der Waals surface area (Å²) in [5.41, 5.74) is 3.44. The summed E-state index contributed by atoms with van der Waals surface area (Å²) >= 11 is 5.93. The molecule has 0 atom stereocenters. The fraction of sp³-hybridized carbons (Fsp3) is 0.278. The number of benzene rings is 2. The molecule has 0 N–H and O–H groups in total. The Labute approximate surface area is 136 Å². The van der Waals surface area contributed by atoms with Crippen LogP contribution < -0.4 is 4.90 Å². The van der Waals surface area contributed by atoms with E-state index >= 15 is 0 Å². The van der Waals surface area contributed by atoms with Gasteiger partial charge < -0.3 is 4.90 Å². The van der Waals surface area contributed by atoms with Crippen LogP contribution in [0.25, 0.3) is 0 Å². The Morgan fingerprint density at radius 1 is 0.909 bits per heavy atom. The van der Waals surface area contributed by atoms with Crippen LogP contribution in [0.4, 0.5) is 5.69 Å². The van der Waals surface area contributed by atoms with E-state index in [9.17, 15) is 0 Å². The molecule has 1 aliphatic rings. The van der Waals surface area contributed by atoms with Gasteiger partial charge in [-0.1, -0.05) is 41.9 Å². The molecule has 22 heavy (non-hydrogen) atoms. The van der Waals surface area contributed by atoms with Crippen LogP contribution in [0.2, 0.25) is 5.02 Å². The Kier molecular flexibility index (Phi) is 4.64. The van der Waals surface area contributed by atoms with Gasteiger partial charge in [0.15, 0.2) is 0 Å². The molecule has 1 aliphatic heterocycles. The van der Waals surface area contributed by atoms with Gasteiger partial charge >= 0.3 is 0 Å². The van der Waals surface area contributed by atoms with Gasteiger partial charge in [-0.25, -0.2) is 0 Å². The van der Waals surface area contributed by atoms with E-state index in [0.717, 1.165) is 42.5 Å². The standard InChI is InChI=1S/C18H20ClN3/c1-15(16-7-9-17(19)10-8-16)20-22-13-11-21(12-14-22)18-5-3-2-4-6-18/h2-10H,11-14H2,1H3/b20-15+. The molecular weight excluding hydrogens is 294 g/mol. The quantitative estimate of drug-likeness (QED) is 0.801. The van der Waals surface area contributed by atoms with Crippen molar-refractivity contribution in [3.63, 3.8) is 0 Å². The Bertz CT molecular complexity index is 629. The molecule has 1 fully saturated rings. The number of halogens is 1. The fourth-order valence-corrected chi connectivity index (χ4v) is 2.78. The maximum absolute atomic E-state index is 5.93. The summed E-state index contributed by atoms with van der Waals surface area (Å²) < 4.78 is 0. The summed E-state index contributed by atoms with van der Waals surface area (Å²) in [6.45, 7) is 5.94. The van der Waals surface area contributed by atoms with Crippen molar-refractivity contribution >= 4 is 23.0 Å². The highest BCUT2D eigenvalue weighted by atomic mass is 35.5. The van der Waals surface area contributed by atoms with Gasteiger partial charge in [-0.2, -0.15) is 5.10 Å². The number of hydrogen-bond donors (Lipinski definition) is 0. The highest BCUT2D eigenvalue weighted by Gasteiger charge is 2.15. The van der Waals surface area contributed by atoms with Crippen molar-refractivity contribution in [1.29, 1.82) is 0 Å². The molecule has 0 spiro atoms. The number of rotatable bonds is 3. The average molecular weight is 314 g/mol. The van der Waals surface area contributed by atoms with Crippen LogP contribution in [0.5, 0.6) is 0 Å². The predicted molar refractivity (Wildman–Crippen MR) is 93.9 cm³/mol. The number of hydrazone groups is 1. The molecule has 0 bridgehead atoms. The largest absolute Gasteiger partial charge is 0.368 e. The van der Waals surface area contributed by atoms with Gasteiger partial charge in [-0.15, -0.1) is 0 Å². The van der Waals surface area contributed by atoms with E-state index in [4.69, 9.17) is 16.7 Å². The van der Waals surface area contributed by atoms with Crippen molar-refractivity contribution in [1.82, 2.24) is 5.01 Å². The van der Waals surface area contributed by atoms with E-state index in [2.05, 4.69) is 40.2 Å². The van der Waals surface area contributed by atoms with Crippen molar-refractivity contribution in [3.8, 4) is 0 Å². The molecule has 114 valence electrons. The number of para-hydroxylation sites is 1. The normalized spacial score (nSPS) is 16.0. The van der Waals surface area contributed by atoms with Crippen LogP contribution in [0.1, 0.15) is 12.5 Å². The van der Waals surface area contributed by atoms with Gasteiger partial charge in [-0.05, 0) is 36.8 Å². The zero-order valence-electron chi connectivity index (χ0n) is 12.7. The predicted octanol–water partition coefficient (Wildman–Crippen LogP) is 3.89. The van der Waals surface area contributed by atoms with Crippen LogP contribution in [0.15, 0.2) is 59.7 Å². The molecule has 1 saturated heterocycles. The molecule has 0 aromatic heterocycles. The first-order valence-corrected chi connectivity index (χ1v) is 7.96. The highest BCUT2D eigenvalue weighted by molar-refractivity contribution is 6.30. The average Bonchev–Trinajstić information content (AvgIpc) is 2.57. The second-order valence-electron chi connectivity index (χ2n) is 5.47. The SMILES string of the molecule is C/C(=N\N1CCN(c2ccccc2)CC1)c1ccc(Cl)cc1. The summed E-state index contributed by atoms with van der Waals surface area (Å²) in [5, 5.41) is 7.66. The van der Waals surface area contributed by atoms with Gasteiger partial charge in [0.1, 0.15) is 0 Å². The van der Waals surface area contributed by atoms with Gasteiger partial charge in [0.2, 0.25) is 0 Å². The lowest BCUT2D eigenvalue weighted by atomic mass is 10.1. The third-order valence-electron chi connectivity index (χ3n) is 3.93. The summed E-state index contributed by atoms with van der Waals surface area (Å²) in [6, 6.07) is 18.4. The van der Waals surface area contributed by atoms with Crippen molar-refractivity contribution in [2.24, 2.45) is 5.10 Å². The van der Waals surface area contributed by atoms with Crippen LogP contribution in [0, 0.1) is 0 Å². The van der Waals surface area contributed by atoms with Crippen molar-refractivity contribution in [2.45, 2.75) is 6.92 Å². The number of hydrogen-bond acceptors (Lipinski definition) is 3. The first kappa shape index (κ1) is 14.9. The van der Waals surface area contributed by atoms with Gasteiger partial charge in [0.05, 0.1) is 18.8 Å². The molecule has 3 nitrogen and oxygen atoms in total. The van der Waals surface area contributed by atoms with Gasteiger partial charge in [0, 0.05) is 23.8 Å². The molecular formula is C18H20ClN3. The number of nitrogens with zero attached hydrogens (tertiary/aromatic N) is 3. The fourth-order valence-electron chi connectivity index (χ4n) is 2.65. The monoisotopic (exact) mass is 313 g/mol. The van der Waals surface area contributed by atoms with Crippen LogP contribution >= 0.6 is 11.6 Å².